The zero-order valence-corrected chi connectivity index (χ0v) is 18.9. The van der Waals surface area contributed by atoms with Crippen molar-refractivity contribution in [3.8, 4) is 11.5 Å². The number of phenolic OH excluding ortho intramolecular Hbond substituents is 1. The summed E-state index contributed by atoms with van der Waals surface area (Å²) >= 11 is 0. The van der Waals surface area contributed by atoms with Crippen LogP contribution in [-0.4, -0.2) is 65.5 Å². The van der Waals surface area contributed by atoms with Crippen LogP contribution in [0, 0.1) is 5.92 Å². The highest BCUT2D eigenvalue weighted by Gasteiger charge is 2.45. The van der Waals surface area contributed by atoms with Crippen LogP contribution in [0.3, 0.4) is 0 Å². The summed E-state index contributed by atoms with van der Waals surface area (Å²) < 4.78 is 5.68. The number of ketones is 1. The van der Waals surface area contributed by atoms with E-state index in [0.29, 0.717) is 42.5 Å². The van der Waals surface area contributed by atoms with Gasteiger partial charge in [0.1, 0.15) is 17.3 Å². The van der Waals surface area contributed by atoms with E-state index in [1.165, 1.54) is 17.0 Å². The van der Waals surface area contributed by atoms with Crippen LogP contribution >= 0.6 is 0 Å². The Morgan fingerprint density at radius 3 is 2.25 bits per heavy atom. The normalized spacial score (nSPS) is 18.1. The van der Waals surface area contributed by atoms with Gasteiger partial charge >= 0.3 is 0 Å². The maximum absolute atomic E-state index is 13.0. The third-order valence-electron chi connectivity index (χ3n) is 5.25. The van der Waals surface area contributed by atoms with Crippen molar-refractivity contribution in [2.75, 3.05) is 33.8 Å². The van der Waals surface area contributed by atoms with Gasteiger partial charge in [0.05, 0.1) is 18.2 Å². The van der Waals surface area contributed by atoms with Gasteiger partial charge in [-0.1, -0.05) is 26.0 Å². The van der Waals surface area contributed by atoms with Crippen LogP contribution in [0.2, 0.25) is 0 Å². The molecule has 2 aromatic rings. The molecular formula is C25H30N2O5. The number of amides is 1. The van der Waals surface area contributed by atoms with Crippen molar-refractivity contribution in [3.05, 3.63) is 65.2 Å². The molecule has 1 saturated heterocycles. The molecule has 2 aromatic carbocycles. The van der Waals surface area contributed by atoms with E-state index in [0.717, 1.165) is 0 Å². The predicted octanol–water partition coefficient (Wildman–Crippen LogP) is 3.41. The van der Waals surface area contributed by atoms with E-state index < -0.39 is 17.7 Å². The molecule has 7 nitrogen and oxygen atoms in total. The Morgan fingerprint density at radius 2 is 1.69 bits per heavy atom. The summed E-state index contributed by atoms with van der Waals surface area (Å²) in [6.07, 6.45) is 0. The van der Waals surface area contributed by atoms with E-state index in [1.54, 1.807) is 36.4 Å². The van der Waals surface area contributed by atoms with Gasteiger partial charge in [-0.2, -0.15) is 0 Å². The van der Waals surface area contributed by atoms with Gasteiger partial charge in [0.15, 0.2) is 0 Å². The molecule has 0 unspecified atom stereocenters. The number of hydrogen-bond acceptors (Lipinski definition) is 6. The first-order valence-electron chi connectivity index (χ1n) is 10.6. The monoisotopic (exact) mass is 438 g/mol. The number of rotatable bonds is 8. The molecule has 0 saturated carbocycles. The smallest absolute Gasteiger partial charge is 0.295 e. The Hall–Kier alpha value is -3.32. The average Bonchev–Trinajstić information content (AvgIpc) is 3.01. The maximum atomic E-state index is 13.0. The molecule has 3 rings (SSSR count). The summed E-state index contributed by atoms with van der Waals surface area (Å²) in [7, 11) is 3.77. The number of hydrogen-bond donors (Lipinski definition) is 2. The van der Waals surface area contributed by atoms with Crippen LogP contribution in [0.1, 0.15) is 31.0 Å². The Bertz CT molecular complexity index is 994. The van der Waals surface area contributed by atoms with Crippen LogP contribution in [0.4, 0.5) is 0 Å². The minimum Gasteiger partial charge on any atom is -0.508 e. The summed E-state index contributed by atoms with van der Waals surface area (Å²) in [5.41, 5.74) is 1.10. The minimum atomic E-state index is -0.743. The third kappa shape index (κ3) is 5.11. The van der Waals surface area contributed by atoms with Crippen LogP contribution in [-0.2, 0) is 9.59 Å². The number of benzene rings is 2. The number of Topliss-reactive ketones (excluding diaryl/α,β-unsaturated/α-hetero) is 1. The number of carbonyl (C=O) groups excluding carboxylic acids is 2. The number of aliphatic hydroxyl groups excluding tert-OH is 1. The number of likely N-dealkylation sites (N-methyl/N-ethyl adjacent to an activating group) is 1. The van der Waals surface area contributed by atoms with Crippen molar-refractivity contribution in [2.45, 2.75) is 19.9 Å². The largest absolute Gasteiger partial charge is 0.508 e. The number of aromatic hydroxyl groups is 1. The summed E-state index contributed by atoms with van der Waals surface area (Å²) in [6, 6.07) is 12.4. The molecular weight excluding hydrogens is 408 g/mol. The second-order valence-corrected chi connectivity index (χ2v) is 8.62. The Morgan fingerprint density at radius 1 is 1.06 bits per heavy atom. The molecule has 1 amide bonds. The molecule has 1 atom stereocenters. The SMILES string of the molecule is CC(C)COc1ccc(/C(O)=C2\C(=O)C(=O)N(CCN(C)C)[C@H]2c2ccc(O)cc2)cc1. The fraction of sp³-hybridized carbons (Fsp3) is 0.360. The molecule has 32 heavy (non-hydrogen) atoms. The second kappa shape index (κ2) is 9.87. The van der Waals surface area contributed by atoms with Gasteiger partial charge in [-0.15, -0.1) is 0 Å². The zero-order chi connectivity index (χ0) is 23.4. The van der Waals surface area contributed by atoms with Gasteiger partial charge in [0.25, 0.3) is 11.7 Å². The Labute approximate surface area is 188 Å². The highest BCUT2D eigenvalue weighted by molar-refractivity contribution is 6.46. The van der Waals surface area contributed by atoms with Gasteiger partial charge < -0.3 is 24.7 Å². The van der Waals surface area contributed by atoms with E-state index in [9.17, 15) is 19.8 Å². The molecule has 7 heteroatoms. The topological polar surface area (TPSA) is 90.3 Å². The lowest BCUT2D eigenvalue weighted by molar-refractivity contribution is -0.140. The maximum Gasteiger partial charge on any atom is 0.295 e. The number of aliphatic hydroxyl groups is 1. The highest BCUT2D eigenvalue weighted by atomic mass is 16.5. The van der Waals surface area contributed by atoms with Gasteiger partial charge in [-0.25, -0.2) is 0 Å². The number of likely N-dealkylation sites (tertiary alicyclic amines) is 1. The third-order valence-corrected chi connectivity index (χ3v) is 5.25. The number of carbonyl (C=O) groups is 2. The molecule has 1 aliphatic heterocycles. The second-order valence-electron chi connectivity index (χ2n) is 8.62. The molecule has 0 radical (unpaired) electrons. The summed E-state index contributed by atoms with van der Waals surface area (Å²) in [6.45, 7) is 5.56. The van der Waals surface area contributed by atoms with Crippen LogP contribution < -0.4 is 4.74 Å². The lowest BCUT2D eigenvalue weighted by atomic mass is 9.95. The van der Waals surface area contributed by atoms with Crippen LogP contribution in [0.5, 0.6) is 11.5 Å². The van der Waals surface area contributed by atoms with E-state index in [4.69, 9.17) is 4.74 Å². The summed E-state index contributed by atoms with van der Waals surface area (Å²) in [5.74, 6) is -0.480. The number of nitrogens with zero attached hydrogens (tertiary/aromatic N) is 2. The van der Waals surface area contributed by atoms with E-state index in [-0.39, 0.29) is 17.1 Å². The molecule has 1 heterocycles. The van der Waals surface area contributed by atoms with Crippen molar-refractivity contribution in [1.82, 2.24) is 9.80 Å². The van der Waals surface area contributed by atoms with Gasteiger partial charge in [-0.05, 0) is 62.0 Å². The van der Waals surface area contributed by atoms with E-state index in [2.05, 4.69) is 13.8 Å². The minimum absolute atomic E-state index is 0.0373. The molecule has 1 aliphatic rings. The highest BCUT2D eigenvalue weighted by Crippen LogP contribution is 2.39. The molecule has 0 spiro atoms. The molecule has 2 N–H and O–H groups in total. The number of ether oxygens (including phenoxy) is 1. The quantitative estimate of drug-likeness (QED) is 0.373. The van der Waals surface area contributed by atoms with Crippen molar-refractivity contribution >= 4 is 17.4 Å². The molecule has 170 valence electrons. The standard InChI is InChI=1S/C25H30N2O5/c1-16(2)15-32-20-11-7-18(8-12-20)23(29)21-22(17-5-9-19(28)10-6-17)27(14-13-26(3)4)25(31)24(21)30/h5-12,16,22,28-29H,13-15H2,1-4H3/b23-21+/t22-/m0/s1. The van der Waals surface area contributed by atoms with Crippen LogP contribution in [0.25, 0.3) is 5.76 Å². The van der Waals surface area contributed by atoms with E-state index in [1.807, 2.05) is 19.0 Å². The van der Waals surface area contributed by atoms with Crippen molar-refractivity contribution < 1.29 is 24.5 Å². The van der Waals surface area contributed by atoms with Gasteiger partial charge in [-0.3, -0.25) is 9.59 Å². The zero-order valence-electron chi connectivity index (χ0n) is 18.9. The van der Waals surface area contributed by atoms with Crippen LogP contribution in [0.15, 0.2) is 54.1 Å². The molecule has 0 bridgehead atoms. The lowest BCUT2D eigenvalue weighted by Crippen LogP contribution is -2.35. The first-order valence-corrected chi connectivity index (χ1v) is 10.6. The summed E-state index contributed by atoms with van der Waals surface area (Å²) in [4.78, 5) is 29.2. The molecule has 0 aliphatic carbocycles. The first kappa shape index (κ1) is 23.3. The fourth-order valence-corrected chi connectivity index (χ4v) is 3.55. The predicted molar refractivity (Wildman–Crippen MR) is 122 cm³/mol. The Kier molecular flexibility index (Phi) is 7.20. The fourth-order valence-electron chi connectivity index (χ4n) is 3.55. The first-order chi connectivity index (χ1) is 15.2. The average molecular weight is 439 g/mol. The van der Waals surface area contributed by atoms with Gasteiger partial charge in [0.2, 0.25) is 0 Å². The number of phenols is 1. The van der Waals surface area contributed by atoms with Crippen molar-refractivity contribution in [2.24, 2.45) is 5.92 Å². The Balaban J connectivity index is 2.02. The van der Waals surface area contributed by atoms with Crippen molar-refractivity contribution in [1.29, 1.82) is 0 Å². The van der Waals surface area contributed by atoms with E-state index >= 15 is 0 Å². The molecule has 1 fully saturated rings. The van der Waals surface area contributed by atoms with Gasteiger partial charge in [0, 0.05) is 18.7 Å². The van der Waals surface area contributed by atoms with Crippen molar-refractivity contribution in [3.63, 3.8) is 0 Å². The molecule has 0 aromatic heterocycles. The summed E-state index contributed by atoms with van der Waals surface area (Å²) in [5, 5.41) is 20.8. The lowest BCUT2D eigenvalue weighted by Gasteiger charge is -2.26.